The third-order valence-corrected chi connectivity index (χ3v) is 4.51. The van der Waals surface area contributed by atoms with Crippen molar-refractivity contribution in [1.82, 2.24) is 0 Å². The van der Waals surface area contributed by atoms with Crippen LogP contribution in [0.2, 0.25) is 0 Å². The first-order chi connectivity index (χ1) is 9.95. The summed E-state index contributed by atoms with van der Waals surface area (Å²) in [7, 11) is -3.79. The fourth-order valence-electron chi connectivity index (χ4n) is 2.36. The Kier molecular flexibility index (Phi) is 3.38. The van der Waals surface area contributed by atoms with Gasteiger partial charge in [-0.1, -0.05) is 0 Å². The number of primary sulfonamides is 1. The number of nitrogens with two attached hydrogens (primary N) is 2. The molecule has 2 aromatic rings. The van der Waals surface area contributed by atoms with E-state index in [2.05, 4.69) is 4.90 Å². The lowest BCUT2D eigenvalue weighted by molar-refractivity contribution is 0.501. The number of hydrogen-bond donors (Lipinski definition) is 2. The molecule has 0 spiro atoms. The fraction of sp³-hybridized carbons (Fsp3) is 0.286. The van der Waals surface area contributed by atoms with E-state index in [9.17, 15) is 8.42 Å². The molecule has 1 saturated carbocycles. The van der Waals surface area contributed by atoms with Crippen LogP contribution < -0.4 is 15.8 Å². The van der Waals surface area contributed by atoms with Gasteiger partial charge in [-0.3, -0.25) is 0 Å². The molecular weight excluding hydrogens is 290 g/mol. The summed E-state index contributed by atoms with van der Waals surface area (Å²) in [4.78, 5) is 2.13. The third-order valence-electron chi connectivity index (χ3n) is 3.53. The van der Waals surface area contributed by atoms with Crippen molar-refractivity contribution in [2.24, 2.45) is 5.14 Å². The monoisotopic (exact) mass is 307 g/mol. The Hall–Kier alpha value is -1.99. The van der Waals surface area contributed by atoms with Crippen molar-refractivity contribution in [2.75, 3.05) is 10.6 Å². The number of furan rings is 1. The van der Waals surface area contributed by atoms with Gasteiger partial charge < -0.3 is 15.1 Å². The van der Waals surface area contributed by atoms with Gasteiger partial charge in [0.2, 0.25) is 10.0 Å². The van der Waals surface area contributed by atoms with Crippen LogP contribution in [0.25, 0.3) is 0 Å². The zero-order valence-electron chi connectivity index (χ0n) is 11.4. The van der Waals surface area contributed by atoms with Gasteiger partial charge in [0.15, 0.2) is 0 Å². The second-order valence-corrected chi connectivity index (χ2v) is 6.74. The van der Waals surface area contributed by atoms with Crippen LogP contribution in [0.4, 0.5) is 11.4 Å². The molecule has 0 bridgehead atoms. The van der Waals surface area contributed by atoms with Gasteiger partial charge in [0, 0.05) is 11.7 Å². The summed E-state index contributed by atoms with van der Waals surface area (Å²) >= 11 is 0. The first kappa shape index (κ1) is 14.0. The fourth-order valence-corrected chi connectivity index (χ4v) is 3.01. The van der Waals surface area contributed by atoms with Crippen molar-refractivity contribution in [1.29, 1.82) is 0 Å². The Balaban J connectivity index is 1.91. The lowest BCUT2D eigenvalue weighted by atomic mass is 10.2. The van der Waals surface area contributed by atoms with E-state index in [0.717, 1.165) is 24.3 Å². The quantitative estimate of drug-likeness (QED) is 0.818. The Morgan fingerprint density at radius 1 is 1.29 bits per heavy atom. The van der Waals surface area contributed by atoms with E-state index >= 15 is 0 Å². The summed E-state index contributed by atoms with van der Waals surface area (Å²) in [6, 6.07) is 9.04. The molecule has 3 rings (SSSR count). The van der Waals surface area contributed by atoms with Crippen LogP contribution in [0, 0.1) is 0 Å². The average molecular weight is 307 g/mol. The van der Waals surface area contributed by atoms with E-state index in [-0.39, 0.29) is 10.6 Å². The molecule has 1 aromatic heterocycles. The van der Waals surface area contributed by atoms with Crippen molar-refractivity contribution in [2.45, 2.75) is 30.3 Å². The summed E-state index contributed by atoms with van der Waals surface area (Å²) in [5, 5.41) is 5.13. The zero-order valence-corrected chi connectivity index (χ0v) is 12.2. The molecule has 0 amide bonds. The van der Waals surface area contributed by atoms with Crippen LogP contribution in [-0.2, 0) is 16.6 Å². The minimum Gasteiger partial charge on any atom is -0.467 e. The molecule has 0 unspecified atom stereocenters. The normalized spacial score (nSPS) is 15.1. The summed E-state index contributed by atoms with van der Waals surface area (Å²) in [5.41, 5.74) is 6.87. The highest BCUT2D eigenvalue weighted by atomic mass is 32.2. The number of anilines is 2. The Morgan fingerprint density at radius 2 is 2.05 bits per heavy atom. The molecule has 1 aliphatic carbocycles. The van der Waals surface area contributed by atoms with E-state index in [1.54, 1.807) is 18.4 Å². The molecule has 6 nitrogen and oxygen atoms in total. The van der Waals surface area contributed by atoms with Gasteiger partial charge in [-0.2, -0.15) is 0 Å². The molecule has 0 atom stereocenters. The molecule has 1 fully saturated rings. The van der Waals surface area contributed by atoms with Crippen LogP contribution in [-0.4, -0.2) is 14.5 Å². The maximum atomic E-state index is 11.4. The molecule has 0 aliphatic heterocycles. The largest absolute Gasteiger partial charge is 0.467 e. The smallest absolute Gasteiger partial charge is 0.240 e. The molecule has 1 aromatic carbocycles. The third kappa shape index (κ3) is 3.03. The molecule has 0 radical (unpaired) electrons. The van der Waals surface area contributed by atoms with Crippen molar-refractivity contribution < 1.29 is 12.8 Å². The molecule has 21 heavy (non-hydrogen) atoms. The van der Waals surface area contributed by atoms with Gasteiger partial charge in [-0.05, 0) is 43.2 Å². The Labute approximate surface area is 123 Å². The Morgan fingerprint density at radius 3 is 2.57 bits per heavy atom. The van der Waals surface area contributed by atoms with Crippen molar-refractivity contribution >= 4 is 21.4 Å². The standard InChI is InChI=1S/C14H17N3O3S/c15-13-8-11(5-6-14(13)21(16,18)19)17(10-3-4-10)9-12-2-1-7-20-12/h1-2,5-8,10H,3-4,9,15H2,(H2,16,18,19). The van der Waals surface area contributed by atoms with E-state index in [1.165, 1.54) is 6.07 Å². The van der Waals surface area contributed by atoms with Crippen LogP contribution >= 0.6 is 0 Å². The van der Waals surface area contributed by atoms with Gasteiger partial charge in [-0.15, -0.1) is 0 Å². The summed E-state index contributed by atoms with van der Waals surface area (Å²) in [5.74, 6) is 0.857. The van der Waals surface area contributed by atoms with Crippen LogP contribution in [0.15, 0.2) is 45.9 Å². The highest BCUT2D eigenvalue weighted by molar-refractivity contribution is 7.89. The van der Waals surface area contributed by atoms with E-state index in [0.29, 0.717) is 12.6 Å². The van der Waals surface area contributed by atoms with Crippen molar-refractivity contribution in [3.8, 4) is 0 Å². The lowest BCUT2D eigenvalue weighted by Crippen LogP contribution is -2.25. The summed E-state index contributed by atoms with van der Waals surface area (Å²) in [6.07, 6.45) is 3.86. The predicted molar refractivity (Wildman–Crippen MR) is 80.1 cm³/mol. The maximum absolute atomic E-state index is 11.4. The number of benzene rings is 1. The topological polar surface area (TPSA) is 103 Å². The zero-order chi connectivity index (χ0) is 15.0. The highest BCUT2D eigenvalue weighted by Crippen LogP contribution is 2.35. The van der Waals surface area contributed by atoms with Gasteiger partial charge in [-0.25, -0.2) is 13.6 Å². The van der Waals surface area contributed by atoms with Gasteiger partial charge >= 0.3 is 0 Å². The predicted octanol–water partition coefficient (Wildman–Crippen LogP) is 1.68. The minimum atomic E-state index is -3.79. The van der Waals surface area contributed by atoms with Gasteiger partial charge in [0.05, 0.1) is 18.5 Å². The number of hydrogen-bond acceptors (Lipinski definition) is 5. The number of rotatable bonds is 5. The van der Waals surface area contributed by atoms with Crippen LogP contribution in [0.5, 0.6) is 0 Å². The minimum absolute atomic E-state index is 0.0417. The SMILES string of the molecule is Nc1cc(N(Cc2ccco2)C2CC2)ccc1S(N)(=O)=O. The second-order valence-electron chi connectivity index (χ2n) is 5.21. The first-order valence-corrected chi connectivity index (χ1v) is 8.21. The van der Waals surface area contributed by atoms with E-state index < -0.39 is 10.0 Å². The van der Waals surface area contributed by atoms with Crippen LogP contribution in [0.3, 0.4) is 0 Å². The van der Waals surface area contributed by atoms with Crippen molar-refractivity contribution in [3.05, 3.63) is 42.4 Å². The Bertz CT molecular complexity index is 737. The molecule has 0 saturated heterocycles. The second kappa shape index (κ2) is 5.09. The molecule has 1 aliphatic rings. The summed E-state index contributed by atoms with van der Waals surface area (Å²) < 4.78 is 28.2. The highest BCUT2D eigenvalue weighted by Gasteiger charge is 2.30. The average Bonchev–Trinajstić information content (AvgIpc) is 3.11. The van der Waals surface area contributed by atoms with E-state index in [1.807, 2.05) is 12.1 Å². The molecular formula is C14H17N3O3S. The maximum Gasteiger partial charge on any atom is 0.240 e. The molecule has 7 heteroatoms. The molecule has 1 heterocycles. The summed E-state index contributed by atoms with van der Waals surface area (Å²) in [6.45, 7) is 0.631. The molecule has 4 N–H and O–H groups in total. The number of nitrogens with zero attached hydrogens (tertiary/aromatic N) is 1. The van der Waals surface area contributed by atoms with Crippen molar-refractivity contribution in [3.63, 3.8) is 0 Å². The van der Waals surface area contributed by atoms with E-state index in [4.69, 9.17) is 15.3 Å². The van der Waals surface area contributed by atoms with Gasteiger partial charge in [0.25, 0.3) is 0 Å². The number of nitrogen functional groups attached to an aromatic ring is 1. The lowest BCUT2D eigenvalue weighted by Gasteiger charge is -2.24. The van der Waals surface area contributed by atoms with Crippen LogP contribution in [0.1, 0.15) is 18.6 Å². The first-order valence-electron chi connectivity index (χ1n) is 6.66. The molecule has 112 valence electrons. The number of sulfonamides is 1. The van der Waals surface area contributed by atoms with Gasteiger partial charge in [0.1, 0.15) is 10.7 Å².